The van der Waals surface area contributed by atoms with Crippen molar-refractivity contribution in [2.24, 2.45) is 23.5 Å². The highest BCUT2D eigenvalue weighted by molar-refractivity contribution is 7.80. The lowest BCUT2D eigenvalue weighted by Crippen LogP contribution is -2.60. The number of phenols is 1. The first-order valence-electron chi connectivity index (χ1n) is 28.5. The number of thiocarbonyl (C=S) groups is 1. The van der Waals surface area contributed by atoms with Gasteiger partial charge in [-0.2, -0.15) is 0 Å². The van der Waals surface area contributed by atoms with Crippen LogP contribution < -0.4 is 41.2 Å². The van der Waals surface area contributed by atoms with Gasteiger partial charge in [-0.15, -0.1) is 0 Å². The number of hydrogen-bond donors (Lipinski definition) is 14. The van der Waals surface area contributed by atoms with Gasteiger partial charge in [0.25, 0.3) is 0 Å². The van der Waals surface area contributed by atoms with Crippen LogP contribution in [0.5, 0.6) is 34.5 Å². The van der Waals surface area contributed by atoms with Crippen LogP contribution in [-0.2, 0) is 45.8 Å². The molecule has 1 saturated heterocycles. The van der Waals surface area contributed by atoms with E-state index in [0.29, 0.717) is 6.42 Å². The van der Waals surface area contributed by atoms with E-state index in [1.165, 1.54) is 79.8 Å². The third-order valence-corrected chi connectivity index (χ3v) is 17.8. The molecule has 13 atom stereocenters. The molecule has 6 heterocycles. The van der Waals surface area contributed by atoms with Crippen molar-refractivity contribution >= 4 is 75.5 Å². The van der Waals surface area contributed by atoms with Crippen molar-refractivity contribution < 1.29 is 93.7 Å². The summed E-state index contributed by atoms with van der Waals surface area (Å²) < 4.78 is 25.3. The number of likely N-dealkylation sites (N-methyl/N-ethyl adjacent to an activating group) is 1. The summed E-state index contributed by atoms with van der Waals surface area (Å²) in [6.07, 6.45) is -15.6. The molecule has 1 aliphatic carbocycles. The van der Waals surface area contributed by atoms with Gasteiger partial charge in [0.15, 0.2) is 17.3 Å². The standard InChI is InChI=1S/C62H65Cl2N5O19S/c1-24(2)10-39(66-3)60(82)69-51-41(73)15-29(18-48(65)74)58(80)68-50-28-16-44(57(88-61-56(79)55(78)54(77)46(23-70)87-61)45(17-28)86-43-9-6-27(53(51)76)14-38(43)64)85-42-8-5-26(13-37(42)63)52(75)34-20-40(72)32(21-47(50)89)25-4-7-35-33(12-25)49-30(22-67-59(34)81)11-31(71)19-36(49)62(35,83)84/h4-9,11-14,16-17,19,24,29,32,34,39,46,50-56,61,66,70-71,75-79,83-84H,10,15,18,20-23H2,1-3H3,(H2,65,74)(H,67,81)(H,68,80)(H,69,82). The summed E-state index contributed by atoms with van der Waals surface area (Å²) in [7, 11) is 1.53. The Labute approximate surface area is 523 Å². The number of rotatable bonds is 10. The summed E-state index contributed by atoms with van der Waals surface area (Å²) in [5.41, 5.74) is 6.32. The van der Waals surface area contributed by atoms with E-state index < -0.39 is 169 Å². The number of carbonyl (C=O) groups is 6. The highest BCUT2D eigenvalue weighted by Crippen LogP contribution is 2.52. The van der Waals surface area contributed by atoms with Gasteiger partial charge < -0.3 is 91.9 Å². The smallest absolute Gasteiger partial charge is 0.237 e. The third-order valence-electron chi connectivity index (χ3n) is 16.8. The van der Waals surface area contributed by atoms with Crippen LogP contribution in [0.4, 0.5) is 0 Å². The van der Waals surface area contributed by atoms with Gasteiger partial charge in [-0.25, -0.2) is 0 Å². The zero-order valence-electron chi connectivity index (χ0n) is 47.9. The molecule has 24 nitrogen and oxygen atoms in total. The van der Waals surface area contributed by atoms with Crippen molar-refractivity contribution in [3.63, 3.8) is 0 Å². The molecule has 0 spiro atoms. The number of fused-ring (bicyclic) bond motifs is 12. The quantitative estimate of drug-likeness (QED) is 0.0705. The van der Waals surface area contributed by atoms with Crippen molar-refractivity contribution in [1.82, 2.24) is 21.3 Å². The maximum atomic E-state index is 15.5. The number of amides is 4. The maximum absolute atomic E-state index is 15.5. The fourth-order valence-electron chi connectivity index (χ4n) is 12.0. The zero-order chi connectivity index (χ0) is 64.2. The van der Waals surface area contributed by atoms with E-state index in [2.05, 4.69) is 21.3 Å². The van der Waals surface area contributed by atoms with Gasteiger partial charge in [-0.3, -0.25) is 28.8 Å². The van der Waals surface area contributed by atoms with E-state index in [9.17, 15) is 65.1 Å². The summed E-state index contributed by atoms with van der Waals surface area (Å²) >= 11 is 20.4. The second kappa shape index (κ2) is 25.9. The number of primary amides is 1. The van der Waals surface area contributed by atoms with Gasteiger partial charge >= 0.3 is 0 Å². The highest BCUT2D eigenvalue weighted by Gasteiger charge is 2.47. The van der Waals surface area contributed by atoms with E-state index >= 15 is 9.59 Å². The summed E-state index contributed by atoms with van der Waals surface area (Å²) in [6.45, 7) is 2.52. The largest absolute Gasteiger partial charge is 0.508 e. The van der Waals surface area contributed by atoms with Crippen molar-refractivity contribution in [3.05, 3.63) is 128 Å². The second-order valence-corrected chi connectivity index (χ2v) is 24.6. The molecule has 0 aromatic heterocycles. The Balaban J connectivity index is 1.22. The minimum absolute atomic E-state index is 0.0116. The monoisotopic (exact) mass is 1290 g/mol. The number of carbonyl (C=O) groups excluding carboxylic acids is 6. The molecule has 0 saturated carbocycles. The molecule has 472 valence electrons. The zero-order valence-corrected chi connectivity index (χ0v) is 50.2. The first-order chi connectivity index (χ1) is 42.2. The number of halogens is 2. The molecule has 15 N–H and O–H groups in total. The number of hydrogen-bond acceptors (Lipinski definition) is 21. The van der Waals surface area contributed by atoms with Crippen LogP contribution in [0, 0.1) is 17.8 Å². The van der Waals surface area contributed by atoms with Crippen LogP contribution in [0.2, 0.25) is 10.0 Å². The molecule has 4 amide bonds. The Hall–Kier alpha value is -7.21. The molecule has 0 radical (unpaired) electrons. The molecule has 5 aromatic rings. The molecule has 7 aliphatic rings. The molecule has 27 heteroatoms. The summed E-state index contributed by atoms with van der Waals surface area (Å²) in [5, 5.41) is 113. The minimum Gasteiger partial charge on any atom is -0.508 e. The first-order valence-corrected chi connectivity index (χ1v) is 29.7. The Morgan fingerprint density at radius 1 is 0.775 bits per heavy atom. The van der Waals surface area contributed by atoms with Crippen LogP contribution in [0.1, 0.15) is 109 Å². The lowest BCUT2D eigenvalue weighted by Gasteiger charge is -2.39. The van der Waals surface area contributed by atoms with Gasteiger partial charge in [0, 0.05) is 47.7 Å². The number of nitrogens with two attached hydrogens (primary N) is 1. The van der Waals surface area contributed by atoms with E-state index in [0.717, 1.165) is 6.07 Å². The van der Waals surface area contributed by atoms with Gasteiger partial charge in [0.05, 0.1) is 46.7 Å². The Kier molecular flexibility index (Phi) is 18.9. The SMILES string of the molecule is CNC(CC(C)C)C(=O)NC1C(=O)CC(CC(N)=O)C(=O)NC2C(=S)CC3C(=O)CC(C(=O)NCc4cc(O)cc5c4-c4cc3ccc4C5(O)O)C(O)c3ccc(c(Cl)c3)Oc3cc2cc(c3OC2OC(CO)C(O)C(O)C2O)Oc2ccc(cc2Cl)C1O. The fraction of sp³-hybridized carbons (Fsp3) is 0.403. The Morgan fingerprint density at radius 2 is 1.42 bits per heavy atom. The topological polar surface area (TPSA) is 396 Å². The Bertz CT molecular complexity index is 3680. The lowest BCUT2D eigenvalue weighted by atomic mass is 9.80. The molecule has 12 rings (SSSR count). The molecular formula is C62H65Cl2N5O19S. The Morgan fingerprint density at radius 3 is 2.02 bits per heavy atom. The predicted octanol–water partition coefficient (Wildman–Crippen LogP) is 3.20. The number of Topliss-reactive ketones (excluding diaryl/α,β-unsaturated/α-hetero) is 2. The molecule has 1 fully saturated rings. The van der Waals surface area contributed by atoms with E-state index in [1.54, 1.807) is 0 Å². The van der Waals surface area contributed by atoms with Crippen molar-refractivity contribution in [2.45, 2.75) is 125 Å². The van der Waals surface area contributed by atoms with E-state index in [4.69, 9.17) is 60.1 Å². The van der Waals surface area contributed by atoms with Crippen molar-refractivity contribution in [2.75, 3.05) is 13.7 Å². The van der Waals surface area contributed by atoms with Gasteiger partial charge in [-0.1, -0.05) is 73.5 Å². The number of ketones is 2. The number of benzene rings is 5. The number of aliphatic hydroxyl groups excluding tert-OH is 6. The average molecular weight is 1290 g/mol. The number of aliphatic hydroxyl groups is 8. The second-order valence-electron chi connectivity index (χ2n) is 23.3. The van der Waals surface area contributed by atoms with Crippen LogP contribution in [-0.4, -0.2) is 142 Å². The number of phenolic OH excluding ortho intramolecular Hbond substituents is 1. The first kappa shape index (κ1) is 64.8. The summed E-state index contributed by atoms with van der Waals surface area (Å²) in [4.78, 5) is 87.1. The van der Waals surface area contributed by atoms with Gasteiger partial charge in [0.2, 0.25) is 41.5 Å². The van der Waals surface area contributed by atoms with E-state index in [-0.39, 0.29) is 94.7 Å². The van der Waals surface area contributed by atoms with Crippen molar-refractivity contribution in [1.29, 1.82) is 0 Å². The summed E-state index contributed by atoms with van der Waals surface area (Å²) in [5.74, 6) is -14.8. The molecule has 89 heavy (non-hydrogen) atoms. The van der Waals surface area contributed by atoms with Gasteiger partial charge in [-0.05, 0) is 119 Å². The fourth-order valence-corrected chi connectivity index (χ4v) is 12.9. The molecule has 6 aliphatic heterocycles. The molecule has 11 bridgehead atoms. The van der Waals surface area contributed by atoms with E-state index in [1.807, 2.05) is 13.8 Å². The number of aromatic hydroxyl groups is 1. The molecule has 5 aromatic carbocycles. The normalized spacial score (nSPS) is 27.0. The van der Waals surface area contributed by atoms with Gasteiger partial charge in [0.1, 0.15) is 59.6 Å². The number of ether oxygens (including phenoxy) is 4. The van der Waals surface area contributed by atoms with Crippen LogP contribution >= 0.6 is 35.4 Å². The minimum atomic E-state index is -2.69. The molecular weight excluding hydrogens is 1220 g/mol. The van der Waals surface area contributed by atoms with Crippen LogP contribution in [0.15, 0.2) is 78.9 Å². The van der Waals surface area contributed by atoms with Crippen LogP contribution in [0.3, 0.4) is 0 Å². The van der Waals surface area contributed by atoms with Crippen LogP contribution in [0.25, 0.3) is 11.1 Å². The summed E-state index contributed by atoms with van der Waals surface area (Å²) in [6, 6.07) is 12.7. The highest BCUT2D eigenvalue weighted by atomic mass is 35.5. The average Bonchev–Trinajstić information content (AvgIpc) is 1.62. The molecule has 13 unspecified atom stereocenters. The van der Waals surface area contributed by atoms with Crippen molar-refractivity contribution in [3.8, 4) is 45.6 Å². The lowest BCUT2D eigenvalue weighted by molar-refractivity contribution is -0.277. The predicted molar refractivity (Wildman–Crippen MR) is 320 cm³/mol. The number of nitrogens with one attached hydrogen (secondary N) is 4. The maximum Gasteiger partial charge on any atom is 0.237 e. The third kappa shape index (κ3) is 13.0.